The standard InChI is InChI=1S/C22H25N3O2/c1-3-12-24-22(27)25-19(13-23)21(20(25)14-26)18-7-5-4-6-17(18)16-10-8-15(2)9-11-16/h4-11,19-21,26H,3,12,14H2,1-2H3,(H,24,27)/t19-,20+,21+/m0/s1. The molecule has 2 amide bonds. The van der Waals surface area contributed by atoms with Crippen LogP contribution in [-0.4, -0.2) is 41.3 Å². The molecule has 3 rings (SSSR count). The first-order valence-corrected chi connectivity index (χ1v) is 9.35. The summed E-state index contributed by atoms with van der Waals surface area (Å²) in [5, 5.41) is 22.5. The molecule has 0 spiro atoms. The van der Waals surface area contributed by atoms with E-state index in [0.717, 1.165) is 23.1 Å². The lowest BCUT2D eigenvalue weighted by Crippen LogP contribution is -2.67. The number of aryl methyl sites for hydroxylation is 1. The third-order valence-corrected chi connectivity index (χ3v) is 5.17. The number of hydrogen-bond acceptors (Lipinski definition) is 3. The number of nitrogens with one attached hydrogen (secondary N) is 1. The molecule has 1 aliphatic heterocycles. The number of carbonyl (C=O) groups is 1. The van der Waals surface area contributed by atoms with Gasteiger partial charge < -0.3 is 15.3 Å². The van der Waals surface area contributed by atoms with E-state index in [1.54, 1.807) is 0 Å². The summed E-state index contributed by atoms with van der Waals surface area (Å²) in [6.07, 6.45) is 0.820. The second kappa shape index (κ2) is 8.24. The molecule has 1 saturated heterocycles. The predicted octanol–water partition coefficient (Wildman–Crippen LogP) is 3.43. The molecular formula is C22H25N3O2. The molecule has 27 heavy (non-hydrogen) atoms. The van der Waals surface area contributed by atoms with E-state index in [2.05, 4.69) is 35.7 Å². The van der Waals surface area contributed by atoms with E-state index in [0.29, 0.717) is 6.54 Å². The number of nitriles is 1. The van der Waals surface area contributed by atoms with Crippen LogP contribution in [0.1, 0.15) is 30.4 Å². The third-order valence-electron chi connectivity index (χ3n) is 5.17. The van der Waals surface area contributed by atoms with Gasteiger partial charge in [-0.05, 0) is 30.0 Å². The molecule has 2 aromatic carbocycles. The summed E-state index contributed by atoms with van der Waals surface area (Å²) in [6.45, 7) is 4.39. The van der Waals surface area contributed by atoms with Crippen molar-refractivity contribution < 1.29 is 9.90 Å². The number of hydrogen-bond donors (Lipinski definition) is 2. The SMILES string of the molecule is CCCNC(=O)N1[C@H](CO)[C@H](c2ccccc2-c2ccc(C)cc2)[C@@H]1C#N. The van der Waals surface area contributed by atoms with Crippen molar-refractivity contribution in [3.05, 3.63) is 59.7 Å². The quantitative estimate of drug-likeness (QED) is 0.854. The summed E-state index contributed by atoms with van der Waals surface area (Å²) in [7, 11) is 0. The minimum absolute atomic E-state index is 0.176. The van der Waals surface area contributed by atoms with E-state index in [-0.39, 0.29) is 18.6 Å². The van der Waals surface area contributed by atoms with Crippen LogP contribution in [0.15, 0.2) is 48.5 Å². The summed E-state index contributed by atoms with van der Waals surface area (Å²) in [6, 6.07) is 17.2. The molecule has 2 N–H and O–H groups in total. The molecule has 1 aliphatic rings. The Morgan fingerprint density at radius 2 is 1.93 bits per heavy atom. The van der Waals surface area contributed by atoms with Gasteiger partial charge >= 0.3 is 6.03 Å². The Kier molecular flexibility index (Phi) is 5.78. The Bertz CT molecular complexity index is 841. The summed E-state index contributed by atoms with van der Waals surface area (Å²) in [5.41, 5.74) is 4.28. The lowest BCUT2D eigenvalue weighted by molar-refractivity contribution is 0.0171. The maximum absolute atomic E-state index is 12.4. The molecule has 0 radical (unpaired) electrons. The number of carbonyl (C=O) groups excluding carboxylic acids is 1. The van der Waals surface area contributed by atoms with Gasteiger partial charge in [-0.3, -0.25) is 0 Å². The smallest absolute Gasteiger partial charge is 0.318 e. The van der Waals surface area contributed by atoms with E-state index < -0.39 is 12.1 Å². The van der Waals surface area contributed by atoms with Gasteiger partial charge in [-0.15, -0.1) is 0 Å². The third kappa shape index (κ3) is 3.54. The van der Waals surface area contributed by atoms with Crippen molar-refractivity contribution in [2.75, 3.05) is 13.2 Å². The van der Waals surface area contributed by atoms with E-state index in [1.165, 1.54) is 10.5 Å². The molecule has 5 heteroatoms. The highest BCUT2D eigenvalue weighted by Crippen LogP contribution is 2.43. The van der Waals surface area contributed by atoms with Crippen molar-refractivity contribution in [1.29, 1.82) is 5.26 Å². The largest absolute Gasteiger partial charge is 0.394 e. The molecule has 0 aliphatic carbocycles. The lowest BCUT2D eigenvalue weighted by atomic mass is 9.73. The highest BCUT2D eigenvalue weighted by Gasteiger charge is 2.52. The molecular weight excluding hydrogens is 338 g/mol. The molecule has 0 bridgehead atoms. The maximum Gasteiger partial charge on any atom is 0.318 e. The minimum Gasteiger partial charge on any atom is -0.394 e. The Morgan fingerprint density at radius 3 is 2.56 bits per heavy atom. The van der Waals surface area contributed by atoms with Crippen LogP contribution in [0.25, 0.3) is 11.1 Å². The van der Waals surface area contributed by atoms with Gasteiger partial charge in [0.2, 0.25) is 0 Å². The molecule has 1 heterocycles. The fraction of sp³-hybridized carbons (Fsp3) is 0.364. The zero-order valence-electron chi connectivity index (χ0n) is 15.7. The van der Waals surface area contributed by atoms with Crippen molar-refractivity contribution in [3.63, 3.8) is 0 Å². The summed E-state index contributed by atoms with van der Waals surface area (Å²) in [4.78, 5) is 13.9. The monoisotopic (exact) mass is 363 g/mol. The number of aliphatic hydroxyl groups excluding tert-OH is 1. The van der Waals surface area contributed by atoms with Crippen LogP contribution < -0.4 is 5.32 Å². The van der Waals surface area contributed by atoms with Crippen LogP contribution in [0.5, 0.6) is 0 Å². The number of urea groups is 1. The molecule has 2 aromatic rings. The Morgan fingerprint density at radius 1 is 1.22 bits per heavy atom. The van der Waals surface area contributed by atoms with Crippen LogP contribution in [-0.2, 0) is 0 Å². The Balaban J connectivity index is 1.95. The van der Waals surface area contributed by atoms with Crippen LogP contribution >= 0.6 is 0 Å². The van der Waals surface area contributed by atoms with Crippen molar-refractivity contribution in [3.8, 4) is 17.2 Å². The second-order valence-electron chi connectivity index (χ2n) is 6.94. The summed E-state index contributed by atoms with van der Waals surface area (Å²) < 4.78 is 0. The maximum atomic E-state index is 12.4. The highest BCUT2D eigenvalue weighted by molar-refractivity contribution is 5.78. The number of nitrogens with zero attached hydrogens (tertiary/aromatic N) is 2. The van der Waals surface area contributed by atoms with Crippen molar-refractivity contribution in [2.45, 2.75) is 38.3 Å². The van der Waals surface area contributed by atoms with E-state index in [9.17, 15) is 15.2 Å². The van der Waals surface area contributed by atoms with Gasteiger partial charge in [0.15, 0.2) is 0 Å². The summed E-state index contributed by atoms with van der Waals surface area (Å²) in [5.74, 6) is -0.218. The number of rotatable bonds is 5. The molecule has 1 fully saturated rings. The Hall–Kier alpha value is -2.84. The van der Waals surface area contributed by atoms with E-state index in [4.69, 9.17) is 0 Å². The molecule has 0 saturated carbocycles. The molecule has 0 aromatic heterocycles. The van der Waals surface area contributed by atoms with Crippen LogP contribution in [0.2, 0.25) is 0 Å². The van der Waals surface area contributed by atoms with Gasteiger partial charge in [-0.2, -0.15) is 5.26 Å². The van der Waals surface area contributed by atoms with Gasteiger partial charge in [-0.1, -0.05) is 61.0 Å². The lowest BCUT2D eigenvalue weighted by Gasteiger charge is -2.51. The van der Waals surface area contributed by atoms with Gasteiger partial charge in [0.25, 0.3) is 0 Å². The number of likely N-dealkylation sites (tertiary alicyclic amines) is 1. The number of amides is 2. The highest BCUT2D eigenvalue weighted by atomic mass is 16.3. The van der Waals surface area contributed by atoms with Gasteiger partial charge in [0.1, 0.15) is 6.04 Å². The number of aliphatic hydroxyl groups is 1. The first kappa shape index (κ1) is 18.9. The minimum atomic E-state index is -0.592. The first-order chi connectivity index (χ1) is 13.1. The number of benzene rings is 2. The van der Waals surface area contributed by atoms with Crippen LogP contribution in [0.3, 0.4) is 0 Å². The molecule has 5 nitrogen and oxygen atoms in total. The van der Waals surface area contributed by atoms with Gasteiger partial charge in [-0.25, -0.2) is 4.79 Å². The van der Waals surface area contributed by atoms with Crippen molar-refractivity contribution in [1.82, 2.24) is 10.2 Å². The van der Waals surface area contributed by atoms with Crippen molar-refractivity contribution in [2.24, 2.45) is 0 Å². The topological polar surface area (TPSA) is 76.4 Å². The average molecular weight is 363 g/mol. The van der Waals surface area contributed by atoms with Gasteiger partial charge in [0, 0.05) is 12.5 Å². The normalized spacial score (nSPS) is 21.3. The zero-order valence-corrected chi connectivity index (χ0v) is 15.7. The van der Waals surface area contributed by atoms with Gasteiger partial charge in [0.05, 0.1) is 18.7 Å². The van der Waals surface area contributed by atoms with Crippen molar-refractivity contribution >= 4 is 6.03 Å². The Labute approximate surface area is 160 Å². The zero-order chi connectivity index (χ0) is 19.4. The van der Waals surface area contributed by atoms with Crippen LogP contribution in [0.4, 0.5) is 4.79 Å². The van der Waals surface area contributed by atoms with E-state index in [1.807, 2.05) is 38.1 Å². The predicted molar refractivity (Wildman–Crippen MR) is 105 cm³/mol. The molecule has 0 unspecified atom stereocenters. The van der Waals surface area contributed by atoms with Crippen LogP contribution in [0, 0.1) is 18.3 Å². The fourth-order valence-electron chi connectivity index (χ4n) is 3.77. The molecule has 3 atom stereocenters. The second-order valence-corrected chi connectivity index (χ2v) is 6.94. The summed E-state index contributed by atoms with van der Waals surface area (Å²) >= 11 is 0. The van der Waals surface area contributed by atoms with E-state index >= 15 is 0 Å². The fourth-order valence-corrected chi connectivity index (χ4v) is 3.77. The average Bonchev–Trinajstić information content (AvgIpc) is 2.67. The molecule has 140 valence electrons. The first-order valence-electron chi connectivity index (χ1n) is 9.35.